The van der Waals surface area contributed by atoms with Gasteiger partial charge in [-0.15, -0.1) is 11.8 Å². The third-order valence-corrected chi connectivity index (χ3v) is 6.25. The summed E-state index contributed by atoms with van der Waals surface area (Å²) in [5.41, 5.74) is 2.93. The van der Waals surface area contributed by atoms with Crippen LogP contribution in [0.15, 0.2) is 42.5 Å². The molecule has 2 aromatic carbocycles. The smallest absolute Gasteiger partial charge is 0.242 e. The highest BCUT2D eigenvalue weighted by Crippen LogP contribution is 2.28. The zero-order chi connectivity index (χ0) is 21.4. The maximum Gasteiger partial charge on any atom is 0.242 e. The van der Waals surface area contributed by atoms with Crippen molar-refractivity contribution < 1.29 is 9.59 Å². The molecule has 29 heavy (non-hydrogen) atoms. The van der Waals surface area contributed by atoms with E-state index < -0.39 is 6.04 Å². The van der Waals surface area contributed by atoms with Gasteiger partial charge in [-0.1, -0.05) is 66.0 Å². The molecule has 0 aliphatic heterocycles. The lowest BCUT2D eigenvalue weighted by molar-refractivity contribution is -0.139. The maximum absolute atomic E-state index is 13.1. The number of rotatable bonds is 9. The van der Waals surface area contributed by atoms with E-state index in [-0.39, 0.29) is 17.6 Å². The van der Waals surface area contributed by atoms with Crippen molar-refractivity contribution in [3.8, 4) is 0 Å². The Kier molecular flexibility index (Phi) is 9.34. The van der Waals surface area contributed by atoms with Gasteiger partial charge in [-0.25, -0.2) is 0 Å². The topological polar surface area (TPSA) is 49.4 Å². The first-order valence-electron chi connectivity index (χ1n) is 9.44. The molecule has 0 aromatic heterocycles. The molecule has 0 aliphatic rings. The van der Waals surface area contributed by atoms with Gasteiger partial charge in [0, 0.05) is 29.4 Å². The molecule has 0 spiro atoms. The van der Waals surface area contributed by atoms with Gasteiger partial charge in [0.2, 0.25) is 11.8 Å². The molecule has 0 aliphatic carbocycles. The number of aryl methyl sites for hydroxylation is 1. The third kappa shape index (κ3) is 6.66. The van der Waals surface area contributed by atoms with Crippen molar-refractivity contribution in [1.82, 2.24) is 10.2 Å². The van der Waals surface area contributed by atoms with Crippen LogP contribution in [-0.2, 0) is 21.9 Å². The van der Waals surface area contributed by atoms with Gasteiger partial charge in [0.1, 0.15) is 6.04 Å². The standard InChI is InChI=1S/C22H26Cl2N2O2S/c1-4-20(22(28)25-3)26(12-16-8-5-7-15(2)11-16)21(27)14-29-13-17-18(23)9-6-10-19(17)24/h5-11,20H,4,12-14H2,1-3H3,(H,25,28)/t20-/m1/s1. The Balaban J connectivity index is 2.14. The van der Waals surface area contributed by atoms with Crippen molar-refractivity contribution >= 4 is 46.8 Å². The second-order valence-electron chi connectivity index (χ2n) is 6.74. The first kappa shape index (κ1) is 23.6. The van der Waals surface area contributed by atoms with E-state index >= 15 is 0 Å². The number of hydrogen-bond acceptors (Lipinski definition) is 3. The van der Waals surface area contributed by atoms with Gasteiger partial charge in [0.05, 0.1) is 5.75 Å². The van der Waals surface area contributed by atoms with Crippen molar-refractivity contribution in [3.63, 3.8) is 0 Å². The van der Waals surface area contributed by atoms with Gasteiger partial charge >= 0.3 is 0 Å². The predicted octanol–water partition coefficient (Wildman–Crippen LogP) is 5.09. The minimum atomic E-state index is -0.516. The van der Waals surface area contributed by atoms with Crippen LogP contribution in [0.2, 0.25) is 10.0 Å². The number of nitrogens with one attached hydrogen (secondary N) is 1. The number of halogens is 2. The second-order valence-corrected chi connectivity index (χ2v) is 8.54. The average molecular weight is 453 g/mol. The van der Waals surface area contributed by atoms with Crippen LogP contribution in [0.25, 0.3) is 0 Å². The van der Waals surface area contributed by atoms with Gasteiger partial charge in [-0.2, -0.15) is 0 Å². The molecule has 4 nitrogen and oxygen atoms in total. The van der Waals surface area contributed by atoms with E-state index in [0.29, 0.717) is 28.8 Å². The van der Waals surface area contributed by atoms with Crippen LogP contribution in [0.1, 0.15) is 30.0 Å². The van der Waals surface area contributed by atoms with Crippen molar-refractivity contribution in [2.45, 2.75) is 38.6 Å². The lowest BCUT2D eigenvalue weighted by atomic mass is 10.1. The molecule has 156 valence electrons. The summed E-state index contributed by atoms with van der Waals surface area (Å²) in [7, 11) is 1.59. The lowest BCUT2D eigenvalue weighted by Crippen LogP contribution is -2.48. The van der Waals surface area contributed by atoms with Crippen LogP contribution in [0.5, 0.6) is 0 Å². The molecule has 2 rings (SSSR count). The highest BCUT2D eigenvalue weighted by Gasteiger charge is 2.27. The first-order valence-corrected chi connectivity index (χ1v) is 11.4. The molecule has 0 saturated carbocycles. The van der Waals surface area contributed by atoms with Crippen LogP contribution < -0.4 is 5.32 Å². The van der Waals surface area contributed by atoms with Gasteiger partial charge in [0.25, 0.3) is 0 Å². The average Bonchev–Trinajstić information content (AvgIpc) is 2.69. The summed E-state index contributed by atoms with van der Waals surface area (Å²) in [6, 6.07) is 12.8. The minimum absolute atomic E-state index is 0.0878. The van der Waals surface area contributed by atoms with E-state index in [0.717, 1.165) is 16.7 Å². The number of hydrogen-bond donors (Lipinski definition) is 1. The van der Waals surface area contributed by atoms with Crippen molar-refractivity contribution in [1.29, 1.82) is 0 Å². The lowest BCUT2D eigenvalue weighted by Gasteiger charge is -2.30. The Morgan fingerprint density at radius 3 is 2.38 bits per heavy atom. The van der Waals surface area contributed by atoms with E-state index in [1.807, 2.05) is 38.1 Å². The van der Waals surface area contributed by atoms with Gasteiger partial charge in [-0.05, 0) is 36.6 Å². The molecule has 7 heteroatoms. The maximum atomic E-state index is 13.1. The monoisotopic (exact) mass is 452 g/mol. The number of thioether (sulfide) groups is 1. The van der Waals surface area contributed by atoms with Crippen LogP contribution in [0.4, 0.5) is 0 Å². The van der Waals surface area contributed by atoms with Gasteiger partial charge < -0.3 is 10.2 Å². The molecule has 0 heterocycles. The molecule has 1 atom stereocenters. The fourth-order valence-corrected chi connectivity index (χ4v) is 4.73. The highest BCUT2D eigenvalue weighted by molar-refractivity contribution is 7.99. The molecular weight excluding hydrogens is 427 g/mol. The fourth-order valence-electron chi connectivity index (χ4n) is 3.09. The quantitative estimate of drug-likeness (QED) is 0.576. The number of likely N-dealkylation sites (N-methyl/N-ethyl adjacent to an activating group) is 1. The summed E-state index contributed by atoms with van der Waals surface area (Å²) < 4.78 is 0. The molecule has 0 unspecified atom stereocenters. The summed E-state index contributed by atoms with van der Waals surface area (Å²) in [5.74, 6) is 0.517. The molecular formula is C22H26Cl2N2O2S. The summed E-state index contributed by atoms with van der Waals surface area (Å²) in [6.45, 7) is 4.31. The van der Waals surface area contributed by atoms with E-state index in [1.165, 1.54) is 11.8 Å². The Morgan fingerprint density at radius 2 is 1.79 bits per heavy atom. The third-order valence-electron chi connectivity index (χ3n) is 4.60. The number of carbonyl (C=O) groups excluding carboxylic acids is 2. The predicted molar refractivity (Wildman–Crippen MR) is 122 cm³/mol. The molecule has 2 aromatic rings. The largest absolute Gasteiger partial charge is 0.357 e. The zero-order valence-corrected chi connectivity index (χ0v) is 19.2. The van der Waals surface area contributed by atoms with E-state index in [2.05, 4.69) is 5.32 Å². The molecule has 2 amide bonds. The summed E-state index contributed by atoms with van der Waals surface area (Å²) in [4.78, 5) is 27.1. The van der Waals surface area contributed by atoms with E-state index in [4.69, 9.17) is 23.2 Å². The normalized spacial score (nSPS) is 11.8. The van der Waals surface area contributed by atoms with Crippen LogP contribution in [0.3, 0.4) is 0 Å². The fraction of sp³-hybridized carbons (Fsp3) is 0.364. The highest BCUT2D eigenvalue weighted by atomic mass is 35.5. The summed E-state index contributed by atoms with van der Waals surface area (Å²) in [5, 5.41) is 3.85. The first-order chi connectivity index (χ1) is 13.9. The molecule has 0 saturated heterocycles. The molecule has 0 bridgehead atoms. The van der Waals surface area contributed by atoms with Crippen LogP contribution in [-0.4, -0.2) is 35.6 Å². The number of benzene rings is 2. The zero-order valence-electron chi connectivity index (χ0n) is 16.9. The van der Waals surface area contributed by atoms with Gasteiger partial charge in [-0.3, -0.25) is 9.59 Å². The molecule has 0 fully saturated rings. The van der Waals surface area contributed by atoms with E-state index in [9.17, 15) is 9.59 Å². The Morgan fingerprint density at radius 1 is 1.14 bits per heavy atom. The number of amides is 2. The number of nitrogens with zero attached hydrogens (tertiary/aromatic N) is 1. The van der Waals surface area contributed by atoms with Crippen molar-refractivity contribution in [2.24, 2.45) is 0 Å². The molecule has 1 N–H and O–H groups in total. The van der Waals surface area contributed by atoms with Gasteiger partial charge in [0.15, 0.2) is 0 Å². The Hall–Kier alpha value is -1.69. The van der Waals surface area contributed by atoms with Crippen LogP contribution >= 0.6 is 35.0 Å². The number of carbonyl (C=O) groups is 2. The molecule has 0 radical (unpaired) electrons. The SMILES string of the molecule is CC[C@H](C(=O)NC)N(Cc1cccc(C)c1)C(=O)CSCc1c(Cl)cccc1Cl. The van der Waals surface area contributed by atoms with Crippen LogP contribution in [0, 0.1) is 6.92 Å². The van der Waals surface area contributed by atoms with Crippen molar-refractivity contribution in [2.75, 3.05) is 12.8 Å². The minimum Gasteiger partial charge on any atom is -0.357 e. The Labute approximate surface area is 187 Å². The van der Waals surface area contributed by atoms with E-state index in [1.54, 1.807) is 30.1 Å². The summed E-state index contributed by atoms with van der Waals surface area (Å²) in [6.07, 6.45) is 0.540. The Bertz CT molecular complexity index is 840. The summed E-state index contributed by atoms with van der Waals surface area (Å²) >= 11 is 13.9. The second kappa shape index (κ2) is 11.5. The van der Waals surface area contributed by atoms with Crippen molar-refractivity contribution in [3.05, 3.63) is 69.2 Å².